The summed E-state index contributed by atoms with van der Waals surface area (Å²) in [5.74, 6) is 0.824. The van der Waals surface area contributed by atoms with Crippen molar-refractivity contribution in [2.24, 2.45) is 0 Å². The van der Waals surface area contributed by atoms with E-state index in [4.69, 9.17) is 4.84 Å². The maximum atomic E-state index is 12.7. The van der Waals surface area contributed by atoms with Crippen LogP contribution < -0.4 is 20.4 Å². The van der Waals surface area contributed by atoms with Gasteiger partial charge in [0.1, 0.15) is 11.6 Å². The fourth-order valence-corrected chi connectivity index (χ4v) is 3.91. The van der Waals surface area contributed by atoms with E-state index in [1.54, 1.807) is 31.6 Å². The van der Waals surface area contributed by atoms with Gasteiger partial charge < -0.3 is 10.6 Å². The number of amides is 1. The zero-order chi connectivity index (χ0) is 25.0. The van der Waals surface area contributed by atoms with E-state index in [-0.39, 0.29) is 5.56 Å². The Labute approximate surface area is 204 Å². The van der Waals surface area contributed by atoms with E-state index in [1.165, 1.54) is 17.5 Å². The number of carbonyl (C=O) groups is 1. The van der Waals surface area contributed by atoms with Crippen LogP contribution in [0.25, 0.3) is 0 Å². The molecule has 11 nitrogen and oxygen atoms in total. The molecule has 0 unspecified atom stereocenters. The number of nitrogens with one attached hydrogen (secondary N) is 3. The molecular weight excluding hydrogens is 470 g/mol. The first-order valence-electron chi connectivity index (χ1n) is 11.1. The van der Waals surface area contributed by atoms with Crippen LogP contribution in [0.3, 0.4) is 0 Å². The predicted molar refractivity (Wildman–Crippen MR) is 134 cm³/mol. The molecule has 1 saturated carbocycles. The molecular formula is C23H27N7O4S. The zero-order valence-electron chi connectivity index (χ0n) is 19.6. The van der Waals surface area contributed by atoms with E-state index >= 15 is 0 Å². The monoisotopic (exact) mass is 497 g/mol. The maximum absolute atomic E-state index is 12.7. The molecule has 0 atom stereocenters. The maximum Gasteiger partial charge on any atom is 0.278 e. The van der Waals surface area contributed by atoms with Crippen molar-refractivity contribution in [2.75, 3.05) is 34.8 Å². The molecule has 2 heterocycles. The summed E-state index contributed by atoms with van der Waals surface area (Å²) in [6.45, 7) is 2.04. The molecule has 1 aromatic carbocycles. The third-order valence-electron chi connectivity index (χ3n) is 5.45. The molecule has 0 saturated heterocycles. The van der Waals surface area contributed by atoms with Crippen LogP contribution in [0.15, 0.2) is 49.1 Å². The second-order valence-electron chi connectivity index (χ2n) is 8.10. The standard InChI is InChI=1S/C23H27N7O4S/c1-4-34-29-23(31)17-13-26-21(28-22-14-24-9-10-25-22)12-19(17)27-18-8-7-16(15-5-6-15)11-20(18)30(2)35(3,32)33/h7-15H,4-6H2,1-3H3,(H,29,31)(H2,25,26,27,28). The minimum atomic E-state index is -3.53. The van der Waals surface area contributed by atoms with Crippen molar-refractivity contribution >= 4 is 44.6 Å². The van der Waals surface area contributed by atoms with Crippen LogP contribution in [0.1, 0.15) is 41.6 Å². The number of sulfonamides is 1. The number of nitrogens with zero attached hydrogens (tertiary/aromatic N) is 4. The summed E-state index contributed by atoms with van der Waals surface area (Å²) in [4.78, 5) is 30.3. The molecule has 4 rings (SSSR count). The Hall–Kier alpha value is -3.77. The predicted octanol–water partition coefficient (Wildman–Crippen LogP) is 3.31. The Morgan fingerprint density at radius 2 is 1.89 bits per heavy atom. The smallest absolute Gasteiger partial charge is 0.278 e. The fraction of sp³-hybridized carbons (Fsp3) is 0.304. The Morgan fingerprint density at radius 3 is 2.54 bits per heavy atom. The van der Waals surface area contributed by atoms with Crippen molar-refractivity contribution in [1.82, 2.24) is 20.4 Å². The second kappa shape index (κ2) is 10.2. The number of aromatic nitrogens is 3. The molecule has 35 heavy (non-hydrogen) atoms. The lowest BCUT2D eigenvalue weighted by Gasteiger charge is -2.23. The van der Waals surface area contributed by atoms with E-state index in [0.717, 1.165) is 24.7 Å². The molecule has 1 fully saturated rings. The van der Waals surface area contributed by atoms with Gasteiger partial charge >= 0.3 is 0 Å². The Kier molecular flexibility index (Phi) is 7.12. The second-order valence-corrected chi connectivity index (χ2v) is 10.1. The molecule has 3 aromatic rings. The minimum absolute atomic E-state index is 0.211. The van der Waals surface area contributed by atoms with Gasteiger partial charge in [-0.2, -0.15) is 0 Å². The highest BCUT2D eigenvalue weighted by molar-refractivity contribution is 7.92. The number of hydrogen-bond donors (Lipinski definition) is 3. The number of anilines is 5. The van der Waals surface area contributed by atoms with Gasteiger partial charge in [-0.05, 0) is 43.4 Å². The molecule has 0 radical (unpaired) electrons. The molecule has 2 aromatic heterocycles. The van der Waals surface area contributed by atoms with Crippen molar-refractivity contribution < 1.29 is 18.0 Å². The van der Waals surface area contributed by atoms with Crippen LogP contribution in [-0.2, 0) is 14.9 Å². The summed E-state index contributed by atoms with van der Waals surface area (Å²) in [6.07, 6.45) is 9.35. The summed E-state index contributed by atoms with van der Waals surface area (Å²) in [5.41, 5.74) is 5.05. The van der Waals surface area contributed by atoms with Gasteiger partial charge in [0.15, 0.2) is 0 Å². The first-order valence-corrected chi connectivity index (χ1v) is 12.9. The van der Waals surface area contributed by atoms with E-state index in [2.05, 4.69) is 31.1 Å². The van der Waals surface area contributed by atoms with Gasteiger partial charge in [-0.25, -0.2) is 23.9 Å². The largest absolute Gasteiger partial charge is 0.353 e. The average molecular weight is 498 g/mol. The molecule has 1 aliphatic rings. The number of hydroxylamine groups is 1. The highest BCUT2D eigenvalue weighted by atomic mass is 32.2. The third-order valence-corrected chi connectivity index (χ3v) is 6.65. The molecule has 184 valence electrons. The van der Waals surface area contributed by atoms with Gasteiger partial charge in [-0.3, -0.25) is 18.9 Å². The van der Waals surface area contributed by atoms with Crippen LogP contribution >= 0.6 is 0 Å². The van der Waals surface area contributed by atoms with Crippen molar-refractivity contribution in [2.45, 2.75) is 25.7 Å². The van der Waals surface area contributed by atoms with Crippen molar-refractivity contribution in [3.05, 3.63) is 60.2 Å². The molecule has 0 bridgehead atoms. The van der Waals surface area contributed by atoms with Crippen LogP contribution in [0, 0.1) is 0 Å². The van der Waals surface area contributed by atoms with Gasteiger partial charge in [-0.15, -0.1) is 0 Å². The molecule has 1 amide bonds. The van der Waals surface area contributed by atoms with Gasteiger partial charge in [-0.1, -0.05) is 6.07 Å². The van der Waals surface area contributed by atoms with Crippen LogP contribution in [0.4, 0.5) is 28.7 Å². The number of benzene rings is 1. The summed E-state index contributed by atoms with van der Waals surface area (Å²) in [5, 5.41) is 6.27. The van der Waals surface area contributed by atoms with Crippen LogP contribution in [0.5, 0.6) is 0 Å². The molecule has 3 N–H and O–H groups in total. The van der Waals surface area contributed by atoms with Crippen molar-refractivity contribution in [3.8, 4) is 0 Å². The third kappa shape index (κ3) is 6.03. The summed E-state index contributed by atoms with van der Waals surface area (Å²) in [7, 11) is -2.02. The molecule has 12 heteroatoms. The summed E-state index contributed by atoms with van der Waals surface area (Å²) >= 11 is 0. The van der Waals surface area contributed by atoms with E-state index in [1.807, 2.05) is 18.2 Å². The number of pyridine rings is 1. The highest BCUT2D eigenvalue weighted by Gasteiger charge is 2.26. The van der Waals surface area contributed by atoms with Gasteiger partial charge in [0.2, 0.25) is 10.0 Å². The fourth-order valence-electron chi connectivity index (χ4n) is 3.40. The number of carbonyl (C=O) groups excluding carboxylic acids is 1. The van der Waals surface area contributed by atoms with Crippen LogP contribution in [-0.4, -0.2) is 49.2 Å². The van der Waals surface area contributed by atoms with Crippen molar-refractivity contribution in [3.63, 3.8) is 0 Å². The topological polar surface area (TPSA) is 138 Å². The Bertz CT molecular complexity index is 1310. The Morgan fingerprint density at radius 1 is 1.09 bits per heavy atom. The molecule has 0 spiro atoms. The molecule has 1 aliphatic carbocycles. The number of rotatable bonds is 10. The quantitative estimate of drug-likeness (QED) is 0.360. The summed E-state index contributed by atoms with van der Waals surface area (Å²) < 4.78 is 26.0. The average Bonchev–Trinajstić information content (AvgIpc) is 3.68. The highest BCUT2D eigenvalue weighted by Crippen LogP contribution is 2.43. The first kappa shape index (κ1) is 24.4. The van der Waals surface area contributed by atoms with E-state index < -0.39 is 15.9 Å². The lowest BCUT2D eigenvalue weighted by molar-refractivity contribution is 0.0365. The van der Waals surface area contributed by atoms with Crippen molar-refractivity contribution in [1.29, 1.82) is 0 Å². The van der Waals surface area contributed by atoms with E-state index in [9.17, 15) is 13.2 Å². The molecule has 0 aliphatic heterocycles. The lowest BCUT2D eigenvalue weighted by Crippen LogP contribution is -2.26. The first-order chi connectivity index (χ1) is 16.8. The Balaban J connectivity index is 1.74. The van der Waals surface area contributed by atoms with Crippen LogP contribution in [0.2, 0.25) is 0 Å². The summed E-state index contributed by atoms with van der Waals surface area (Å²) in [6, 6.07) is 7.31. The van der Waals surface area contributed by atoms with E-state index in [0.29, 0.717) is 41.2 Å². The van der Waals surface area contributed by atoms with Gasteiger partial charge in [0.25, 0.3) is 5.91 Å². The number of hydrogen-bond acceptors (Lipinski definition) is 9. The SMILES string of the molecule is CCONC(=O)c1cnc(Nc2cnccn2)cc1Nc1ccc(C2CC2)cc1N(C)S(C)(=O)=O. The van der Waals surface area contributed by atoms with Gasteiger partial charge in [0, 0.05) is 31.7 Å². The zero-order valence-corrected chi connectivity index (χ0v) is 20.5. The van der Waals surface area contributed by atoms with Gasteiger partial charge in [0.05, 0.1) is 41.7 Å². The lowest BCUT2D eigenvalue weighted by atomic mass is 10.1. The normalized spacial score (nSPS) is 13.2. The minimum Gasteiger partial charge on any atom is -0.353 e.